The van der Waals surface area contributed by atoms with E-state index in [1.54, 1.807) is 0 Å². The smallest absolute Gasteiger partial charge is 0.303 e. The zero-order valence-electron chi connectivity index (χ0n) is 9.79. The van der Waals surface area contributed by atoms with Gasteiger partial charge in [0.1, 0.15) is 0 Å². The first-order valence-electron chi connectivity index (χ1n) is 5.44. The third kappa shape index (κ3) is 2.71. The van der Waals surface area contributed by atoms with Crippen molar-refractivity contribution in [2.24, 2.45) is 10.8 Å². The fraction of sp³-hybridized carbons (Fsp3) is 0.615. The van der Waals surface area contributed by atoms with Crippen LogP contribution in [0.15, 0.2) is 24.3 Å². The van der Waals surface area contributed by atoms with Gasteiger partial charge in [-0.3, -0.25) is 4.79 Å². The van der Waals surface area contributed by atoms with Crippen LogP contribution in [0.1, 0.15) is 40.0 Å². The zero-order chi connectivity index (χ0) is 11.5. The number of rotatable bonds is 3. The number of allylic oxidation sites excluding steroid dienone is 4. The van der Waals surface area contributed by atoms with Crippen molar-refractivity contribution in [1.29, 1.82) is 0 Å². The van der Waals surface area contributed by atoms with Crippen molar-refractivity contribution in [3.8, 4) is 0 Å². The fourth-order valence-electron chi connectivity index (χ4n) is 2.11. The van der Waals surface area contributed by atoms with E-state index in [9.17, 15) is 4.79 Å². The van der Waals surface area contributed by atoms with E-state index in [1.165, 1.54) is 0 Å². The first kappa shape index (κ1) is 12.0. The number of hydrogen-bond donors (Lipinski definition) is 1. The van der Waals surface area contributed by atoms with Gasteiger partial charge in [-0.25, -0.2) is 0 Å². The van der Waals surface area contributed by atoms with Crippen LogP contribution in [0, 0.1) is 10.8 Å². The molecule has 1 atom stereocenters. The Labute approximate surface area is 91.7 Å². The largest absolute Gasteiger partial charge is 0.481 e. The van der Waals surface area contributed by atoms with Gasteiger partial charge in [0.15, 0.2) is 0 Å². The average Bonchev–Trinajstić information content (AvgIpc) is 2.14. The number of aliphatic carboxylic acids is 1. The molecular weight excluding hydrogens is 188 g/mol. The quantitative estimate of drug-likeness (QED) is 0.771. The predicted molar refractivity (Wildman–Crippen MR) is 61.7 cm³/mol. The van der Waals surface area contributed by atoms with E-state index >= 15 is 0 Å². The third-order valence-electron chi connectivity index (χ3n) is 3.42. The molecule has 1 N–H and O–H groups in total. The van der Waals surface area contributed by atoms with Crippen molar-refractivity contribution >= 4 is 5.97 Å². The topological polar surface area (TPSA) is 37.3 Å². The van der Waals surface area contributed by atoms with Crippen LogP contribution < -0.4 is 0 Å². The van der Waals surface area contributed by atoms with Crippen LogP contribution in [0.4, 0.5) is 0 Å². The molecule has 0 saturated heterocycles. The molecule has 0 bridgehead atoms. The van der Waals surface area contributed by atoms with Gasteiger partial charge in [-0.1, -0.05) is 45.1 Å². The normalized spacial score (nSPS) is 25.5. The molecule has 2 heteroatoms. The van der Waals surface area contributed by atoms with E-state index in [1.807, 2.05) is 12.2 Å². The summed E-state index contributed by atoms with van der Waals surface area (Å²) in [5.41, 5.74) is 0.101. The minimum Gasteiger partial charge on any atom is -0.481 e. The minimum absolute atomic E-state index is 0.000139. The molecule has 0 saturated carbocycles. The van der Waals surface area contributed by atoms with Crippen molar-refractivity contribution in [2.75, 3.05) is 0 Å². The van der Waals surface area contributed by atoms with Crippen LogP contribution in [0.5, 0.6) is 0 Å². The first-order chi connectivity index (χ1) is 6.87. The summed E-state index contributed by atoms with van der Waals surface area (Å²) in [5, 5.41) is 8.78. The Hall–Kier alpha value is -1.05. The molecular formula is C13H20O2. The molecule has 0 heterocycles. The Morgan fingerprint density at radius 2 is 2.07 bits per heavy atom. The van der Waals surface area contributed by atoms with Crippen molar-refractivity contribution in [2.45, 2.75) is 40.0 Å². The Balaban J connectivity index is 2.83. The zero-order valence-corrected chi connectivity index (χ0v) is 9.79. The van der Waals surface area contributed by atoms with Gasteiger partial charge in [0, 0.05) is 6.42 Å². The summed E-state index contributed by atoms with van der Waals surface area (Å²) in [6.45, 7) is 6.54. The average molecular weight is 208 g/mol. The highest BCUT2D eigenvalue weighted by Gasteiger charge is 2.39. The summed E-state index contributed by atoms with van der Waals surface area (Å²) in [7, 11) is 0. The van der Waals surface area contributed by atoms with Crippen LogP contribution in [0.3, 0.4) is 0 Å². The molecule has 0 aromatic rings. The predicted octanol–water partition coefficient (Wildman–Crippen LogP) is 3.40. The van der Waals surface area contributed by atoms with Crippen molar-refractivity contribution < 1.29 is 9.90 Å². The number of carboxylic acid groups (broad SMARTS) is 1. The second-order valence-corrected chi connectivity index (χ2v) is 5.29. The lowest BCUT2D eigenvalue weighted by Crippen LogP contribution is -2.34. The van der Waals surface area contributed by atoms with Gasteiger partial charge in [0.05, 0.1) is 0 Å². The lowest BCUT2D eigenvalue weighted by Gasteiger charge is -2.43. The van der Waals surface area contributed by atoms with Gasteiger partial charge in [-0.15, -0.1) is 0 Å². The van der Waals surface area contributed by atoms with E-state index in [2.05, 4.69) is 32.9 Å². The standard InChI is InChI=1S/C13H20O2/c1-12(2,3)13(10-7-11(14)15)8-5-4-6-9-13/h4-6,8H,7,9-10H2,1-3H3,(H,14,15). The molecule has 1 aliphatic rings. The molecule has 1 rings (SSSR count). The lowest BCUT2D eigenvalue weighted by molar-refractivity contribution is -0.137. The van der Waals surface area contributed by atoms with Crippen LogP contribution in [-0.4, -0.2) is 11.1 Å². The number of hydrogen-bond acceptors (Lipinski definition) is 1. The van der Waals surface area contributed by atoms with Crippen molar-refractivity contribution in [1.82, 2.24) is 0 Å². The minimum atomic E-state index is -0.707. The van der Waals surface area contributed by atoms with E-state index in [0.29, 0.717) is 6.42 Å². The second kappa shape index (κ2) is 4.21. The van der Waals surface area contributed by atoms with Gasteiger partial charge in [-0.05, 0) is 23.7 Å². The van der Waals surface area contributed by atoms with E-state index in [-0.39, 0.29) is 17.3 Å². The van der Waals surface area contributed by atoms with Crippen LogP contribution in [0.2, 0.25) is 0 Å². The maximum absolute atomic E-state index is 10.7. The molecule has 0 aliphatic heterocycles. The molecule has 0 amide bonds. The Kier molecular flexibility index (Phi) is 3.38. The van der Waals surface area contributed by atoms with Gasteiger partial charge in [0.2, 0.25) is 0 Å². The molecule has 2 nitrogen and oxygen atoms in total. The molecule has 84 valence electrons. The molecule has 1 unspecified atom stereocenters. The SMILES string of the molecule is CC(C)(C)C1(CCC(=O)O)C=CC=CC1. The van der Waals surface area contributed by atoms with Gasteiger partial charge in [0.25, 0.3) is 0 Å². The summed E-state index contributed by atoms with van der Waals surface area (Å²) in [6, 6.07) is 0. The molecule has 1 aliphatic carbocycles. The Bertz CT molecular complexity index is 294. The summed E-state index contributed by atoms with van der Waals surface area (Å²) in [5.74, 6) is -0.707. The lowest BCUT2D eigenvalue weighted by atomic mass is 9.61. The van der Waals surface area contributed by atoms with E-state index < -0.39 is 5.97 Å². The summed E-state index contributed by atoms with van der Waals surface area (Å²) in [6.07, 6.45) is 10.3. The van der Waals surface area contributed by atoms with Crippen molar-refractivity contribution in [3.05, 3.63) is 24.3 Å². The summed E-state index contributed by atoms with van der Waals surface area (Å²) >= 11 is 0. The molecule has 0 spiro atoms. The monoisotopic (exact) mass is 208 g/mol. The maximum atomic E-state index is 10.7. The number of carboxylic acids is 1. The van der Waals surface area contributed by atoms with Gasteiger partial charge >= 0.3 is 5.97 Å². The highest BCUT2D eigenvalue weighted by atomic mass is 16.4. The fourth-order valence-corrected chi connectivity index (χ4v) is 2.11. The summed E-state index contributed by atoms with van der Waals surface area (Å²) < 4.78 is 0. The number of carbonyl (C=O) groups is 1. The summed E-state index contributed by atoms with van der Waals surface area (Å²) in [4.78, 5) is 10.7. The van der Waals surface area contributed by atoms with Crippen LogP contribution >= 0.6 is 0 Å². The Morgan fingerprint density at radius 1 is 1.40 bits per heavy atom. The van der Waals surface area contributed by atoms with Crippen molar-refractivity contribution in [3.63, 3.8) is 0 Å². The first-order valence-corrected chi connectivity index (χ1v) is 5.44. The third-order valence-corrected chi connectivity index (χ3v) is 3.42. The molecule has 0 aromatic carbocycles. The van der Waals surface area contributed by atoms with Crippen LogP contribution in [0.25, 0.3) is 0 Å². The van der Waals surface area contributed by atoms with Gasteiger partial charge < -0.3 is 5.11 Å². The molecule has 0 fully saturated rings. The maximum Gasteiger partial charge on any atom is 0.303 e. The van der Waals surface area contributed by atoms with E-state index in [4.69, 9.17) is 5.11 Å². The molecule has 0 aromatic heterocycles. The highest BCUT2D eigenvalue weighted by molar-refractivity contribution is 5.66. The Morgan fingerprint density at radius 3 is 2.47 bits per heavy atom. The molecule has 0 radical (unpaired) electrons. The molecule has 15 heavy (non-hydrogen) atoms. The highest BCUT2D eigenvalue weighted by Crippen LogP contribution is 2.48. The van der Waals surface area contributed by atoms with Gasteiger partial charge in [-0.2, -0.15) is 0 Å². The second-order valence-electron chi connectivity index (χ2n) is 5.29. The van der Waals surface area contributed by atoms with Crippen LogP contribution in [-0.2, 0) is 4.79 Å². The van der Waals surface area contributed by atoms with E-state index in [0.717, 1.165) is 6.42 Å².